The molecule has 0 amide bonds. The summed E-state index contributed by atoms with van der Waals surface area (Å²) in [6.45, 7) is 7.43. The highest BCUT2D eigenvalue weighted by Gasteiger charge is 2.17. The van der Waals surface area contributed by atoms with E-state index in [1.54, 1.807) is 18.2 Å². The Morgan fingerprint density at radius 3 is 2.61 bits per heavy atom. The summed E-state index contributed by atoms with van der Waals surface area (Å²) in [6.07, 6.45) is 0.816. The average Bonchev–Trinajstić information content (AvgIpc) is 2.34. The van der Waals surface area contributed by atoms with Gasteiger partial charge in [-0.15, -0.1) is 0 Å². The zero-order chi connectivity index (χ0) is 13.8. The summed E-state index contributed by atoms with van der Waals surface area (Å²) in [4.78, 5) is 21.5. The molecule has 0 radical (unpaired) electrons. The number of hydrogen-bond donors (Lipinski definition) is 1. The molecule has 1 atom stereocenters. The van der Waals surface area contributed by atoms with Crippen LogP contribution < -0.4 is 5.73 Å². The molecule has 1 unspecified atom stereocenters. The lowest BCUT2D eigenvalue weighted by Gasteiger charge is -2.17. The van der Waals surface area contributed by atoms with E-state index in [9.17, 15) is 4.79 Å². The summed E-state index contributed by atoms with van der Waals surface area (Å²) >= 11 is 0. The molecule has 0 bridgehead atoms. The van der Waals surface area contributed by atoms with Crippen molar-refractivity contribution < 1.29 is 14.6 Å². The van der Waals surface area contributed by atoms with Gasteiger partial charge in [0.25, 0.3) is 0 Å². The molecule has 0 aliphatic carbocycles. The van der Waals surface area contributed by atoms with Gasteiger partial charge in [0.05, 0.1) is 5.56 Å². The summed E-state index contributed by atoms with van der Waals surface area (Å²) in [7, 11) is 0. The first-order valence-corrected chi connectivity index (χ1v) is 6.09. The van der Waals surface area contributed by atoms with E-state index in [4.69, 9.17) is 15.5 Å². The molecule has 4 nitrogen and oxygen atoms in total. The van der Waals surface area contributed by atoms with Crippen LogP contribution in [0.1, 0.15) is 56.1 Å². The second-order valence-electron chi connectivity index (χ2n) is 5.21. The maximum absolute atomic E-state index is 11.8. The summed E-state index contributed by atoms with van der Waals surface area (Å²) in [5.74, 6) is -0.505. The molecule has 0 heterocycles. The second-order valence-corrected chi connectivity index (χ2v) is 5.21. The molecule has 4 heteroatoms. The maximum atomic E-state index is 11.8. The Balaban J connectivity index is 2.74. The highest BCUT2D eigenvalue weighted by atomic mass is 17.2. The molecule has 0 saturated heterocycles. The number of rotatable bonds is 4. The summed E-state index contributed by atoms with van der Waals surface area (Å²) in [5, 5.41) is 0. The lowest BCUT2D eigenvalue weighted by molar-refractivity contribution is -0.301. The quantitative estimate of drug-likeness (QED) is 0.660. The normalized spacial score (nSPS) is 13.2. The van der Waals surface area contributed by atoms with Crippen molar-refractivity contribution in [3.63, 3.8) is 0 Å². The van der Waals surface area contributed by atoms with Gasteiger partial charge in [0.1, 0.15) is 5.60 Å². The first-order valence-electron chi connectivity index (χ1n) is 6.09. The summed E-state index contributed by atoms with van der Waals surface area (Å²) < 4.78 is 0. The van der Waals surface area contributed by atoms with Gasteiger partial charge in [-0.25, -0.2) is 4.79 Å². The van der Waals surface area contributed by atoms with E-state index in [1.807, 2.05) is 33.8 Å². The van der Waals surface area contributed by atoms with Crippen molar-refractivity contribution in [2.24, 2.45) is 5.73 Å². The van der Waals surface area contributed by atoms with Gasteiger partial charge in [0.15, 0.2) is 0 Å². The lowest BCUT2D eigenvalue weighted by Crippen LogP contribution is -2.22. The lowest BCUT2D eigenvalue weighted by atomic mass is 10.0. The van der Waals surface area contributed by atoms with E-state index in [1.165, 1.54) is 0 Å². The molecular weight excluding hydrogens is 230 g/mol. The summed E-state index contributed by atoms with van der Waals surface area (Å²) in [6, 6.07) is 7.04. The van der Waals surface area contributed by atoms with Crippen LogP contribution in [0.15, 0.2) is 24.3 Å². The second kappa shape index (κ2) is 5.98. The van der Waals surface area contributed by atoms with Crippen LogP contribution in [-0.2, 0) is 9.78 Å². The fraction of sp³-hybridized carbons (Fsp3) is 0.500. The first-order chi connectivity index (χ1) is 8.33. The van der Waals surface area contributed by atoms with E-state index in [0.717, 1.165) is 12.0 Å². The van der Waals surface area contributed by atoms with E-state index in [2.05, 4.69) is 0 Å². The minimum Gasteiger partial charge on any atom is -0.324 e. The SMILES string of the molecule is CCC(N)c1cccc(C(=O)OOC(C)(C)C)c1. The van der Waals surface area contributed by atoms with E-state index in [-0.39, 0.29) is 6.04 Å². The minimum atomic E-state index is -0.521. The van der Waals surface area contributed by atoms with Crippen molar-refractivity contribution in [2.75, 3.05) is 0 Å². The molecule has 1 aromatic rings. The molecule has 0 aliphatic rings. The third-order valence-electron chi connectivity index (χ3n) is 2.36. The molecule has 2 N–H and O–H groups in total. The Bertz CT molecular complexity index is 410. The molecule has 1 aromatic carbocycles. The van der Waals surface area contributed by atoms with Crippen molar-refractivity contribution >= 4 is 5.97 Å². The van der Waals surface area contributed by atoms with Gasteiger partial charge in [-0.05, 0) is 44.9 Å². The topological polar surface area (TPSA) is 61.6 Å². The Morgan fingerprint density at radius 1 is 1.39 bits per heavy atom. The van der Waals surface area contributed by atoms with Crippen molar-refractivity contribution in [1.82, 2.24) is 0 Å². The van der Waals surface area contributed by atoms with Crippen LogP contribution in [0.3, 0.4) is 0 Å². The average molecular weight is 251 g/mol. The zero-order valence-corrected chi connectivity index (χ0v) is 11.4. The molecule has 1 rings (SSSR count). The van der Waals surface area contributed by atoms with Crippen molar-refractivity contribution in [1.29, 1.82) is 0 Å². The van der Waals surface area contributed by atoms with Gasteiger partial charge >= 0.3 is 5.97 Å². The smallest absolute Gasteiger partial charge is 0.324 e. The highest BCUT2D eigenvalue weighted by Crippen LogP contribution is 2.16. The third kappa shape index (κ3) is 4.47. The molecule has 0 fully saturated rings. The van der Waals surface area contributed by atoms with Gasteiger partial charge in [0.2, 0.25) is 0 Å². The van der Waals surface area contributed by atoms with Gasteiger partial charge in [0, 0.05) is 6.04 Å². The highest BCUT2D eigenvalue weighted by molar-refractivity contribution is 5.89. The number of carbonyl (C=O) groups is 1. The number of hydrogen-bond acceptors (Lipinski definition) is 4. The van der Waals surface area contributed by atoms with Crippen LogP contribution in [0, 0.1) is 0 Å². The zero-order valence-electron chi connectivity index (χ0n) is 11.4. The van der Waals surface area contributed by atoms with Crippen LogP contribution >= 0.6 is 0 Å². The molecule has 100 valence electrons. The number of nitrogens with two attached hydrogens (primary N) is 1. The first kappa shape index (κ1) is 14.7. The third-order valence-corrected chi connectivity index (χ3v) is 2.36. The van der Waals surface area contributed by atoms with Crippen LogP contribution in [-0.4, -0.2) is 11.6 Å². The number of carbonyl (C=O) groups excluding carboxylic acids is 1. The standard InChI is InChI=1S/C14H21NO3/c1-5-12(15)10-7-6-8-11(9-10)13(16)17-18-14(2,3)4/h6-9,12H,5,15H2,1-4H3. The van der Waals surface area contributed by atoms with Crippen LogP contribution in [0.25, 0.3) is 0 Å². The molecular formula is C14H21NO3. The van der Waals surface area contributed by atoms with E-state index < -0.39 is 11.6 Å². The Morgan fingerprint density at radius 2 is 2.06 bits per heavy atom. The monoisotopic (exact) mass is 251 g/mol. The van der Waals surface area contributed by atoms with Gasteiger partial charge < -0.3 is 5.73 Å². The predicted molar refractivity (Wildman–Crippen MR) is 69.9 cm³/mol. The predicted octanol–water partition coefficient (Wildman–Crippen LogP) is 2.98. The van der Waals surface area contributed by atoms with Crippen molar-refractivity contribution in [3.8, 4) is 0 Å². The molecule has 0 spiro atoms. The van der Waals surface area contributed by atoms with E-state index >= 15 is 0 Å². The van der Waals surface area contributed by atoms with Crippen LogP contribution in [0.2, 0.25) is 0 Å². The Labute approximate surface area is 108 Å². The number of benzene rings is 1. The molecule has 0 aromatic heterocycles. The fourth-order valence-electron chi connectivity index (χ4n) is 1.34. The van der Waals surface area contributed by atoms with Crippen LogP contribution in [0.5, 0.6) is 0 Å². The molecule has 0 aliphatic heterocycles. The molecule has 0 saturated carbocycles. The Kier molecular flexibility index (Phi) is 4.87. The summed E-state index contributed by atoms with van der Waals surface area (Å²) in [5.41, 5.74) is 6.77. The minimum absolute atomic E-state index is 0.0683. The van der Waals surface area contributed by atoms with Crippen molar-refractivity contribution in [3.05, 3.63) is 35.4 Å². The maximum Gasteiger partial charge on any atom is 0.373 e. The van der Waals surface area contributed by atoms with Gasteiger partial charge in [-0.2, -0.15) is 4.89 Å². The van der Waals surface area contributed by atoms with Gasteiger partial charge in [-0.1, -0.05) is 19.1 Å². The Hall–Kier alpha value is -1.39. The van der Waals surface area contributed by atoms with Crippen molar-refractivity contribution in [2.45, 2.75) is 45.8 Å². The molecule has 18 heavy (non-hydrogen) atoms. The largest absolute Gasteiger partial charge is 0.373 e. The van der Waals surface area contributed by atoms with E-state index in [0.29, 0.717) is 5.56 Å². The van der Waals surface area contributed by atoms with Gasteiger partial charge in [-0.3, -0.25) is 4.89 Å². The fourth-order valence-corrected chi connectivity index (χ4v) is 1.34. The van der Waals surface area contributed by atoms with Crippen LogP contribution in [0.4, 0.5) is 0 Å².